The Bertz CT molecular complexity index is 3080. The second-order valence-electron chi connectivity index (χ2n) is 22.9. The van der Waals surface area contributed by atoms with Crippen molar-refractivity contribution >= 4 is 62.5 Å². The van der Waals surface area contributed by atoms with E-state index in [9.17, 15) is 23.9 Å². The predicted molar refractivity (Wildman–Crippen MR) is 279 cm³/mol. The van der Waals surface area contributed by atoms with Gasteiger partial charge in [-0.2, -0.15) is 9.97 Å². The number of carbonyl (C=O) groups excluding carboxylic acids is 3. The van der Waals surface area contributed by atoms with Crippen LogP contribution in [0.3, 0.4) is 0 Å². The van der Waals surface area contributed by atoms with E-state index in [0.29, 0.717) is 84.7 Å². The number of amides is 3. The number of β-amino-alcohol motifs (C(OH)–C–C–N with tert-alkyl or cyclic N) is 1. The lowest BCUT2D eigenvalue weighted by molar-refractivity contribution is -0.136. The summed E-state index contributed by atoms with van der Waals surface area (Å²) in [5.41, 5.74) is 2.22. The number of pyridine rings is 1. The Morgan fingerprint density at radius 2 is 1.68 bits per heavy atom. The molecule has 5 aromatic rings. The molecule has 3 amide bonds. The van der Waals surface area contributed by atoms with Gasteiger partial charge in [-0.25, -0.2) is 8.78 Å². The maximum Gasteiger partial charge on any atom is 0.319 e. The Morgan fingerprint density at radius 1 is 0.880 bits per heavy atom. The van der Waals surface area contributed by atoms with E-state index in [1.807, 2.05) is 17.0 Å². The van der Waals surface area contributed by atoms with Gasteiger partial charge in [0, 0.05) is 106 Å². The minimum atomic E-state index is -0.974. The van der Waals surface area contributed by atoms with Crippen LogP contribution >= 0.6 is 11.6 Å². The molecule has 2 saturated carbocycles. The number of halogens is 3. The van der Waals surface area contributed by atoms with Gasteiger partial charge >= 0.3 is 6.01 Å². The molecule has 0 bridgehead atoms. The SMILES string of the molecule is COCOc1cc(-c2ncc3c(N4CCC[C@@](C)(O)C4)nc(OCC4(CN5CCC6(CC5)CC(CN5CCN(c7ccc8c(c7)CN([C@H]7CCC(=O)NC7=O)C8=O)CC5)C6)CC4)nc3c2F)c2c(Cl)c(F)ccc2c1. The van der Waals surface area contributed by atoms with Crippen molar-refractivity contribution in [3.63, 3.8) is 0 Å². The number of aromatic nitrogens is 3. The molecular weight excluding hydrogens is 984 g/mol. The normalized spacial score (nSPS) is 24.0. The van der Waals surface area contributed by atoms with Gasteiger partial charge < -0.3 is 38.9 Å². The number of ether oxygens (including phenoxy) is 3. The summed E-state index contributed by atoms with van der Waals surface area (Å²) >= 11 is 6.57. The molecule has 4 saturated heterocycles. The number of methoxy groups -OCH3 is 1. The molecule has 3 aromatic carbocycles. The van der Waals surface area contributed by atoms with E-state index < -0.39 is 23.3 Å². The molecule has 16 nitrogen and oxygen atoms in total. The Hall–Kier alpha value is -5.79. The van der Waals surface area contributed by atoms with Gasteiger partial charge in [-0.3, -0.25) is 29.6 Å². The van der Waals surface area contributed by atoms with Crippen LogP contribution in [0.5, 0.6) is 11.8 Å². The largest absolute Gasteiger partial charge is 0.468 e. The molecule has 1 spiro atoms. The van der Waals surface area contributed by atoms with Gasteiger partial charge in [0.1, 0.15) is 34.6 Å². The van der Waals surface area contributed by atoms with Crippen molar-refractivity contribution in [1.29, 1.82) is 0 Å². The molecule has 5 aliphatic heterocycles. The fourth-order valence-corrected chi connectivity index (χ4v) is 13.4. The first-order valence-corrected chi connectivity index (χ1v) is 27.0. The van der Waals surface area contributed by atoms with Crippen LogP contribution in [0, 0.1) is 28.4 Å². The number of benzene rings is 3. The molecular formula is C56H64ClF2N9O7. The number of piperazine rings is 1. The molecule has 6 fully saturated rings. The Kier molecular flexibility index (Phi) is 13.1. The van der Waals surface area contributed by atoms with Gasteiger partial charge in [-0.1, -0.05) is 17.7 Å². The van der Waals surface area contributed by atoms with Crippen LogP contribution in [0.15, 0.2) is 48.7 Å². The van der Waals surface area contributed by atoms with E-state index in [-0.39, 0.29) is 69.5 Å². The highest BCUT2D eigenvalue weighted by molar-refractivity contribution is 6.37. The number of piperidine rings is 3. The predicted octanol–water partition coefficient (Wildman–Crippen LogP) is 7.34. The molecule has 75 heavy (non-hydrogen) atoms. The fraction of sp³-hybridized carbons (Fsp3) is 0.536. The number of hydrogen-bond acceptors (Lipinski definition) is 14. The number of carbonyl (C=O) groups is 3. The molecule has 2 aromatic heterocycles. The lowest BCUT2D eigenvalue weighted by Gasteiger charge is -2.54. The van der Waals surface area contributed by atoms with Crippen LogP contribution in [0.2, 0.25) is 5.02 Å². The summed E-state index contributed by atoms with van der Waals surface area (Å²) in [6, 6.07) is 11.6. The van der Waals surface area contributed by atoms with Gasteiger partial charge in [0.2, 0.25) is 11.8 Å². The maximum absolute atomic E-state index is 17.3. The van der Waals surface area contributed by atoms with Crippen molar-refractivity contribution in [3.05, 3.63) is 76.4 Å². The van der Waals surface area contributed by atoms with Crippen LogP contribution in [0.25, 0.3) is 32.9 Å². The second-order valence-corrected chi connectivity index (χ2v) is 23.3. The standard InChI is InChI=1S/C56H64ClF2N9O7/c1-54(72)10-3-15-67(30-54)50-41-27-60-48(40-24-38(75-33-73-2)23-35-4-7-42(58)46(57)45(35)40)47(59)49(41)62-53(63-50)74-32-56(11-12-56)31-65-16-13-55(14-17-65)25-34(26-55)28-64-18-20-66(21-19-64)37-5-6-39-36(22-37)29-68(52(39)71)43-8-9-44(69)61-51(43)70/h4-7,22-24,27,34,43,72H,3,8-21,25-26,28-33H2,1-2H3,(H,61,69,70)/t43-,54+/m0/s1. The molecule has 2 atom stereocenters. The number of nitrogens with one attached hydrogen (secondary N) is 1. The van der Waals surface area contributed by atoms with Gasteiger partial charge in [-0.15, -0.1) is 0 Å². The number of aliphatic hydroxyl groups is 1. The molecule has 12 rings (SSSR count). The topological polar surface area (TPSA) is 166 Å². The molecule has 0 unspecified atom stereocenters. The third kappa shape index (κ3) is 9.85. The quantitative estimate of drug-likeness (QED) is 0.0838. The summed E-state index contributed by atoms with van der Waals surface area (Å²) in [4.78, 5) is 62.9. The Morgan fingerprint density at radius 3 is 2.43 bits per heavy atom. The average molecular weight is 1050 g/mol. The number of rotatable bonds is 14. The van der Waals surface area contributed by atoms with Gasteiger partial charge in [0.15, 0.2) is 12.6 Å². The van der Waals surface area contributed by atoms with Crippen LogP contribution in [0.4, 0.5) is 20.3 Å². The van der Waals surface area contributed by atoms with Crippen molar-refractivity contribution in [2.45, 2.75) is 89.3 Å². The summed E-state index contributed by atoms with van der Waals surface area (Å²) in [5, 5.41) is 14.6. The van der Waals surface area contributed by atoms with Gasteiger partial charge in [-0.05, 0) is 136 Å². The molecule has 396 valence electrons. The first kappa shape index (κ1) is 50.1. The van der Waals surface area contributed by atoms with Gasteiger partial charge in [0.05, 0.1) is 22.6 Å². The van der Waals surface area contributed by atoms with E-state index in [1.165, 1.54) is 45.1 Å². The summed E-state index contributed by atoms with van der Waals surface area (Å²) in [6.45, 7) is 11.4. The number of hydrogen-bond donors (Lipinski definition) is 2. The third-order valence-electron chi connectivity index (χ3n) is 17.3. The highest BCUT2D eigenvalue weighted by Crippen LogP contribution is 2.54. The number of anilines is 2. The number of nitrogens with zero attached hydrogens (tertiary/aromatic N) is 8. The Labute approximate surface area is 439 Å². The summed E-state index contributed by atoms with van der Waals surface area (Å²) in [7, 11) is 1.50. The highest BCUT2D eigenvalue weighted by atomic mass is 35.5. The second kappa shape index (κ2) is 19.7. The number of likely N-dealkylation sites (tertiary alicyclic amines) is 1. The Balaban J connectivity index is 0.666. The first-order chi connectivity index (χ1) is 36.1. The molecule has 19 heteroatoms. The van der Waals surface area contributed by atoms with E-state index in [4.69, 9.17) is 35.8 Å². The van der Waals surface area contributed by atoms with E-state index in [0.717, 1.165) is 76.5 Å². The van der Waals surface area contributed by atoms with Crippen LogP contribution in [0.1, 0.15) is 87.1 Å². The van der Waals surface area contributed by atoms with Crippen molar-refractivity contribution in [1.82, 2.24) is 35.0 Å². The highest BCUT2D eigenvalue weighted by Gasteiger charge is 2.50. The van der Waals surface area contributed by atoms with E-state index in [2.05, 4.69) is 31.1 Å². The molecule has 2 N–H and O–H groups in total. The zero-order valence-corrected chi connectivity index (χ0v) is 43.4. The number of fused-ring (bicyclic) bond motifs is 3. The lowest BCUT2D eigenvalue weighted by atomic mass is 9.57. The summed E-state index contributed by atoms with van der Waals surface area (Å²) in [5.74, 6) is -0.705. The monoisotopic (exact) mass is 1050 g/mol. The number of imide groups is 1. The van der Waals surface area contributed by atoms with E-state index in [1.54, 1.807) is 30.0 Å². The van der Waals surface area contributed by atoms with Crippen LogP contribution in [-0.4, -0.2) is 150 Å². The third-order valence-corrected chi connectivity index (χ3v) is 17.7. The van der Waals surface area contributed by atoms with Crippen LogP contribution in [-0.2, 0) is 20.9 Å². The zero-order chi connectivity index (χ0) is 51.8. The average Bonchev–Trinajstić information content (AvgIpc) is 4.09. The lowest BCUT2D eigenvalue weighted by Crippen LogP contribution is -2.53. The smallest absolute Gasteiger partial charge is 0.319 e. The fourth-order valence-electron chi connectivity index (χ4n) is 13.1. The van der Waals surface area contributed by atoms with Crippen molar-refractivity contribution in [2.24, 2.45) is 16.7 Å². The van der Waals surface area contributed by atoms with Crippen molar-refractivity contribution in [3.8, 4) is 23.0 Å². The van der Waals surface area contributed by atoms with Crippen molar-refractivity contribution < 1.29 is 42.5 Å². The molecule has 7 heterocycles. The molecule has 2 aliphatic carbocycles. The van der Waals surface area contributed by atoms with Crippen molar-refractivity contribution in [2.75, 3.05) is 95.8 Å². The van der Waals surface area contributed by atoms with Gasteiger partial charge in [0.25, 0.3) is 5.91 Å². The molecule has 0 radical (unpaired) electrons. The summed E-state index contributed by atoms with van der Waals surface area (Å²) < 4.78 is 49.7. The minimum Gasteiger partial charge on any atom is -0.468 e. The zero-order valence-electron chi connectivity index (χ0n) is 42.6. The van der Waals surface area contributed by atoms with Crippen LogP contribution < -0.4 is 24.6 Å². The molecule has 7 aliphatic rings. The van der Waals surface area contributed by atoms with E-state index >= 15 is 4.39 Å². The summed E-state index contributed by atoms with van der Waals surface area (Å²) in [6.07, 6.45) is 10.4. The first-order valence-electron chi connectivity index (χ1n) is 26.6. The minimum absolute atomic E-state index is 0.00115. The maximum atomic E-state index is 17.3.